The highest BCUT2D eigenvalue weighted by atomic mass is 32.2. The molecule has 0 radical (unpaired) electrons. The lowest BCUT2D eigenvalue weighted by molar-refractivity contribution is 0.228. The first kappa shape index (κ1) is 29.4. The average Bonchev–Trinajstić information content (AvgIpc) is 2.72. The van der Waals surface area contributed by atoms with E-state index in [1.807, 2.05) is 11.8 Å². The molecule has 186 valence electrons. The molecule has 1 aromatic carbocycles. The van der Waals surface area contributed by atoms with Crippen LogP contribution in [0.2, 0.25) is 0 Å². The largest absolute Gasteiger partial charge is 0.492 e. The molecule has 0 amide bonds. The van der Waals surface area contributed by atoms with Crippen molar-refractivity contribution in [3.63, 3.8) is 0 Å². The first-order valence-electron chi connectivity index (χ1n) is 13.5. The Hall–Kier alpha value is -0.630. The number of hydrogen-bond acceptors (Lipinski definition) is 2. The Labute approximate surface area is 205 Å². The van der Waals surface area contributed by atoms with Gasteiger partial charge in [0.2, 0.25) is 0 Å². The Kier molecular flexibility index (Phi) is 13.4. The number of unbranched alkanes of at least 4 members (excludes halogenated alkanes) is 2. The van der Waals surface area contributed by atoms with Gasteiger partial charge in [0.25, 0.3) is 0 Å². The Morgan fingerprint density at radius 3 is 1.97 bits per heavy atom. The summed E-state index contributed by atoms with van der Waals surface area (Å²) in [6, 6.07) is 7.04. The summed E-state index contributed by atoms with van der Waals surface area (Å²) in [6.07, 6.45) is 11.5. The minimum absolute atomic E-state index is 0.158. The normalized spacial score (nSPS) is 14.4. The summed E-state index contributed by atoms with van der Waals surface area (Å²) < 4.78 is 6.48. The molecule has 32 heavy (non-hydrogen) atoms. The summed E-state index contributed by atoms with van der Waals surface area (Å²) in [5, 5.41) is 0. The van der Waals surface area contributed by atoms with Crippen molar-refractivity contribution < 1.29 is 4.74 Å². The predicted octanol–water partition coefficient (Wildman–Crippen LogP) is 10.3. The van der Waals surface area contributed by atoms with Crippen molar-refractivity contribution in [2.24, 2.45) is 17.3 Å². The van der Waals surface area contributed by atoms with E-state index in [1.54, 1.807) is 0 Å². The predicted molar refractivity (Wildman–Crippen MR) is 146 cm³/mol. The van der Waals surface area contributed by atoms with E-state index < -0.39 is 0 Å². The fraction of sp³-hybridized carbons (Fsp3) is 0.800. The second kappa shape index (κ2) is 14.6. The fourth-order valence-electron chi connectivity index (χ4n) is 4.80. The Morgan fingerprint density at radius 1 is 0.844 bits per heavy atom. The molecular formula is C30H54OS. The lowest BCUT2D eigenvalue weighted by Gasteiger charge is -2.33. The quantitative estimate of drug-likeness (QED) is 0.226. The number of hydrogen-bond donors (Lipinski definition) is 0. The van der Waals surface area contributed by atoms with Crippen molar-refractivity contribution in [2.75, 3.05) is 12.4 Å². The van der Waals surface area contributed by atoms with Crippen molar-refractivity contribution in [3.8, 4) is 5.75 Å². The molecule has 0 saturated heterocycles. The standard InChI is InChI=1S/C30H54OS/c1-10-14-16-24(12-3)21-31-27-19-18-26(30(8,9)23-29(5,6)7)20-28(27)32-22-25(13-4)17-15-11-2/h18-20,24-25H,10-17,21-23H2,1-9H3. The van der Waals surface area contributed by atoms with Crippen LogP contribution >= 0.6 is 11.8 Å². The van der Waals surface area contributed by atoms with Gasteiger partial charge in [0.1, 0.15) is 5.75 Å². The molecule has 0 aliphatic rings. The summed E-state index contributed by atoms with van der Waals surface area (Å²) in [5.74, 6) is 3.76. The van der Waals surface area contributed by atoms with Crippen LogP contribution in [0.1, 0.15) is 126 Å². The maximum absolute atomic E-state index is 6.48. The number of ether oxygens (including phenoxy) is 1. The van der Waals surface area contributed by atoms with Gasteiger partial charge in [-0.2, -0.15) is 0 Å². The van der Waals surface area contributed by atoms with E-state index in [2.05, 4.69) is 80.5 Å². The molecule has 2 unspecified atom stereocenters. The van der Waals surface area contributed by atoms with Gasteiger partial charge >= 0.3 is 0 Å². The minimum atomic E-state index is 0.158. The van der Waals surface area contributed by atoms with Gasteiger partial charge < -0.3 is 4.74 Å². The zero-order valence-electron chi connectivity index (χ0n) is 23.0. The van der Waals surface area contributed by atoms with Crippen molar-refractivity contribution >= 4 is 11.8 Å². The zero-order valence-corrected chi connectivity index (χ0v) is 23.8. The van der Waals surface area contributed by atoms with Crippen LogP contribution < -0.4 is 4.74 Å². The summed E-state index contributed by atoms with van der Waals surface area (Å²) in [4.78, 5) is 1.35. The van der Waals surface area contributed by atoms with Gasteiger partial charge in [-0.25, -0.2) is 0 Å². The molecule has 2 atom stereocenters. The van der Waals surface area contributed by atoms with Crippen molar-refractivity contribution in [1.29, 1.82) is 0 Å². The molecule has 0 spiro atoms. The molecule has 0 N–H and O–H groups in total. The van der Waals surface area contributed by atoms with E-state index in [0.717, 1.165) is 18.3 Å². The zero-order chi connectivity index (χ0) is 24.2. The van der Waals surface area contributed by atoms with E-state index in [-0.39, 0.29) is 5.41 Å². The molecular weight excluding hydrogens is 408 g/mol. The molecule has 0 saturated carbocycles. The van der Waals surface area contributed by atoms with Crippen molar-refractivity contribution in [2.45, 2.75) is 130 Å². The molecule has 0 aromatic heterocycles. The van der Waals surface area contributed by atoms with Crippen molar-refractivity contribution in [1.82, 2.24) is 0 Å². The Balaban J connectivity index is 3.07. The first-order valence-corrected chi connectivity index (χ1v) is 14.4. The Bertz CT molecular complexity index is 628. The van der Waals surface area contributed by atoms with Crippen LogP contribution in [0, 0.1) is 17.3 Å². The third-order valence-corrected chi connectivity index (χ3v) is 8.00. The van der Waals surface area contributed by atoms with E-state index in [4.69, 9.17) is 4.74 Å². The Morgan fingerprint density at radius 2 is 1.44 bits per heavy atom. The fourth-order valence-corrected chi connectivity index (χ4v) is 6.10. The van der Waals surface area contributed by atoms with Gasteiger partial charge in [-0.15, -0.1) is 11.8 Å². The summed E-state index contributed by atoms with van der Waals surface area (Å²) in [7, 11) is 0. The average molecular weight is 463 g/mol. The van der Waals surface area contributed by atoms with Crippen LogP contribution in [0.5, 0.6) is 5.75 Å². The molecule has 0 fully saturated rings. The van der Waals surface area contributed by atoms with Gasteiger partial charge in [0.15, 0.2) is 0 Å². The van der Waals surface area contributed by atoms with Gasteiger partial charge in [0, 0.05) is 10.6 Å². The molecule has 1 rings (SSSR count). The van der Waals surface area contributed by atoms with Crippen LogP contribution in [0.3, 0.4) is 0 Å². The van der Waals surface area contributed by atoms with Gasteiger partial charge in [-0.1, -0.05) is 107 Å². The van der Waals surface area contributed by atoms with E-state index in [1.165, 1.54) is 74.0 Å². The summed E-state index contributed by atoms with van der Waals surface area (Å²) in [6.45, 7) is 21.9. The van der Waals surface area contributed by atoms with Gasteiger partial charge in [-0.3, -0.25) is 0 Å². The maximum Gasteiger partial charge on any atom is 0.132 e. The maximum atomic E-state index is 6.48. The van der Waals surface area contributed by atoms with Crippen molar-refractivity contribution in [3.05, 3.63) is 23.8 Å². The molecule has 0 bridgehead atoms. The molecule has 2 heteroatoms. The van der Waals surface area contributed by atoms with Crippen LogP contribution in [-0.4, -0.2) is 12.4 Å². The highest BCUT2D eigenvalue weighted by molar-refractivity contribution is 7.99. The lowest BCUT2D eigenvalue weighted by atomic mass is 9.72. The summed E-state index contributed by atoms with van der Waals surface area (Å²) in [5.41, 5.74) is 1.92. The topological polar surface area (TPSA) is 9.23 Å². The third kappa shape index (κ3) is 11.0. The highest BCUT2D eigenvalue weighted by Gasteiger charge is 2.28. The van der Waals surface area contributed by atoms with Crippen LogP contribution in [0.15, 0.2) is 23.1 Å². The first-order chi connectivity index (χ1) is 15.1. The van der Waals surface area contributed by atoms with Crippen LogP contribution in [0.25, 0.3) is 0 Å². The molecule has 1 aromatic rings. The number of thioether (sulfide) groups is 1. The van der Waals surface area contributed by atoms with E-state index in [9.17, 15) is 0 Å². The van der Waals surface area contributed by atoms with Crippen LogP contribution in [0.4, 0.5) is 0 Å². The SMILES string of the molecule is CCCCC(CC)COc1ccc(C(C)(C)CC(C)(C)C)cc1SCC(CC)CCCC. The van der Waals surface area contributed by atoms with Crippen LogP contribution in [-0.2, 0) is 5.41 Å². The summed E-state index contributed by atoms with van der Waals surface area (Å²) >= 11 is 2.03. The highest BCUT2D eigenvalue weighted by Crippen LogP contribution is 2.41. The molecule has 0 aliphatic carbocycles. The van der Waals surface area contributed by atoms with Gasteiger partial charge in [-0.05, 0) is 59.6 Å². The second-order valence-electron chi connectivity index (χ2n) is 11.7. The number of rotatable bonds is 16. The molecule has 1 nitrogen and oxygen atoms in total. The molecule has 0 aliphatic heterocycles. The third-order valence-electron chi connectivity index (χ3n) is 6.73. The lowest BCUT2D eigenvalue weighted by Crippen LogP contribution is -2.25. The smallest absolute Gasteiger partial charge is 0.132 e. The second-order valence-corrected chi connectivity index (χ2v) is 12.8. The number of benzene rings is 1. The van der Waals surface area contributed by atoms with E-state index >= 15 is 0 Å². The monoisotopic (exact) mass is 462 g/mol. The minimum Gasteiger partial charge on any atom is -0.492 e. The van der Waals surface area contributed by atoms with E-state index in [0.29, 0.717) is 11.3 Å². The van der Waals surface area contributed by atoms with Gasteiger partial charge in [0.05, 0.1) is 6.61 Å². The molecule has 0 heterocycles.